The molecule has 35 heteroatoms. The van der Waals surface area contributed by atoms with E-state index in [-0.39, 0.29) is 181 Å². The third-order valence-corrected chi connectivity index (χ3v) is 12.6. The minimum atomic E-state index is -4.61. The van der Waals surface area contributed by atoms with Crippen molar-refractivity contribution in [1.82, 2.24) is 35.9 Å². The first kappa shape index (κ1) is 75.0. The van der Waals surface area contributed by atoms with Crippen LogP contribution in [0.1, 0.15) is 62.8 Å². The number of azide groups is 1. The number of unbranched alkanes of at least 4 members (excludes halogenated alkanes) is 2. The van der Waals surface area contributed by atoms with Gasteiger partial charge < -0.3 is 93.6 Å². The van der Waals surface area contributed by atoms with E-state index in [9.17, 15) is 50.9 Å². The van der Waals surface area contributed by atoms with E-state index >= 15 is 0 Å². The quantitative estimate of drug-likeness (QED) is 0.0164. The lowest BCUT2D eigenvalue weighted by Crippen LogP contribution is -2.46. The molecule has 2 fully saturated rings. The van der Waals surface area contributed by atoms with Crippen molar-refractivity contribution in [3.8, 4) is 0 Å². The summed E-state index contributed by atoms with van der Waals surface area (Å²) in [5.74, 6) is -1.17. The summed E-state index contributed by atoms with van der Waals surface area (Å²) < 4.78 is 144. The zero-order valence-electron chi connectivity index (χ0n) is 49.1. The number of hydrogen-bond acceptors (Lipinski definition) is 24. The number of carbonyl (C=O) groups excluding carboxylic acids is 3. The fourth-order valence-corrected chi connectivity index (χ4v) is 8.10. The summed E-state index contributed by atoms with van der Waals surface area (Å²) in [7, 11) is 0. The SMILES string of the molecule is [N-]=[N+]=NCCCCCC(=O)NC(COCCC(=O)NCCOCCOCCOCCOC[C@H]1OC[C@H](Nc2nccc(C(F)(F)F)n2)C[C@H]1O)COCCC(=O)NCCOCCOCCOCCOC[C@H]1OC[C@H](Nc2nccc(C(F)(F)F)n2)C[C@H]1O. The molecule has 0 unspecified atom stereocenters. The largest absolute Gasteiger partial charge is 0.433 e. The normalized spacial score (nSPS) is 18.8. The molecule has 6 atom stereocenters. The molecule has 2 aliphatic heterocycles. The number of amides is 3. The monoisotopic (exact) mass is 1270 g/mol. The molecule has 29 nitrogen and oxygen atoms in total. The van der Waals surface area contributed by atoms with Gasteiger partial charge in [-0.1, -0.05) is 11.5 Å². The number of ether oxygens (including phenoxy) is 12. The first-order valence-electron chi connectivity index (χ1n) is 29.0. The summed E-state index contributed by atoms with van der Waals surface area (Å²) in [6.07, 6.45) is -7.61. The number of nitrogens with one attached hydrogen (secondary N) is 5. The van der Waals surface area contributed by atoms with Crippen molar-refractivity contribution in [1.29, 1.82) is 0 Å². The summed E-state index contributed by atoms with van der Waals surface area (Å²) in [6.45, 7) is 5.42. The Morgan fingerprint density at radius 3 is 1.38 bits per heavy atom. The van der Waals surface area contributed by atoms with Crippen LogP contribution >= 0.6 is 0 Å². The number of alkyl halides is 6. The summed E-state index contributed by atoms with van der Waals surface area (Å²) in [5.41, 5.74) is 6.30. The Labute approximate surface area is 505 Å². The number of aliphatic hydroxyl groups excluding tert-OH is 2. The van der Waals surface area contributed by atoms with Gasteiger partial charge in [0.05, 0.1) is 176 Å². The Morgan fingerprint density at radius 2 is 0.977 bits per heavy atom. The van der Waals surface area contributed by atoms with Crippen LogP contribution in [0.4, 0.5) is 38.2 Å². The molecule has 3 amide bonds. The molecule has 0 aliphatic carbocycles. The molecule has 2 aromatic rings. The van der Waals surface area contributed by atoms with E-state index in [2.05, 4.69) is 56.5 Å². The molecule has 0 bridgehead atoms. The number of halogens is 6. The molecule has 4 heterocycles. The Morgan fingerprint density at radius 1 is 0.568 bits per heavy atom. The van der Waals surface area contributed by atoms with Gasteiger partial charge in [-0.25, -0.2) is 19.9 Å². The maximum atomic E-state index is 12.9. The van der Waals surface area contributed by atoms with E-state index in [4.69, 9.17) is 62.4 Å². The highest BCUT2D eigenvalue weighted by atomic mass is 19.4. The highest BCUT2D eigenvalue weighted by molar-refractivity contribution is 5.76. The molecule has 500 valence electrons. The lowest BCUT2D eigenvalue weighted by Gasteiger charge is -2.33. The van der Waals surface area contributed by atoms with Crippen LogP contribution in [0.2, 0.25) is 0 Å². The second kappa shape index (κ2) is 44.9. The van der Waals surface area contributed by atoms with Gasteiger partial charge in [0.1, 0.15) is 23.6 Å². The second-order valence-electron chi connectivity index (χ2n) is 19.8. The maximum Gasteiger partial charge on any atom is 0.433 e. The van der Waals surface area contributed by atoms with Crippen LogP contribution in [0, 0.1) is 0 Å². The van der Waals surface area contributed by atoms with Crippen molar-refractivity contribution in [2.45, 2.75) is 106 Å². The highest BCUT2D eigenvalue weighted by Gasteiger charge is 2.36. The summed E-state index contributed by atoms with van der Waals surface area (Å²) in [5, 5.41) is 38.3. The molecule has 0 spiro atoms. The van der Waals surface area contributed by atoms with Gasteiger partial charge in [0.25, 0.3) is 0 Å². The maximum absolute atomic E-state index is 12.9. The first-order chi connectivity index (χ1) is 42.5. The van der Waals surface area contributed by atoms with Crippen LogP contribution < -0.4 is 26.6 Å². The van der Waals surface area contributed by atoms with Crippen molar-refractivity contribution < 1.29 is 108 Å². The predicted molar refractivity (Wildman–Crippen MR) is 297 cm³/mol. The lowest BCUT2D eigenvalue weighted by molar-refractivity contribution is -0.142. The molecule has 0 aromatic carbocycles. The van der Waals surface area contributed by atoms with Gasteiger partial charge in [0, 0.05) is 56.2 Å². The average molecular weight is 1280 g/mol. The zero-order chi connectivity index (χ0) is 63.5. The second-order valence-corrected chi connectivity index (χ2v) is 19.8. The lowest BCUT2D eigenvalue weighted by atomic mass is 10.0. The number of rotatable bonds is 49. The minimum Gasteiger partial charge on any atom is -0.390 e. The molecule has 4 rings (SSSR count). The molecule has 88 heavy (non-hydrogen) atoms. The molecular weight excluding hydrogens is 1190 g/mol. The van der Waals surface area contributed by atoms with Crippen LogP contribution in [-0.4, -0.2) is 255 Å². The summed E-state index contributed by atoms with van der Waals surface area (Å²) in [6, 6.07) is 0.00456. The molecule has 2 aromatic heterocycles. The van der Waals surface area contributed by atoms with Crippen molar-refractivity contribution in [2.75, 3.05) is 176 Å². The highest BCUT2D eigenvalue weighted by Crippen LogP contribution is 2.29. The molecule has 0 saturated carbocycles. The number of anilines is 2. The smallest absolute Gasteiger partial charge is 0.390 e. The van der Waals surface area contributed by atoms with Crippen molar-refractivity contribution in [3.05, 3.63) is 46.4 Å². The van der Waals surface area contributed by atoms with Gasteiger partial charge in [0.2, 0.25) is 29.6 Å². The van der Waals surface area contributed by atoms with Gasteiger partial charge in [-0.15, -0.1) is 0 Å². The molecule has 2 saturated heterocycles. The van der Waals surface area contributed by atoms with Crippen LogP contribution in [0.15, 0.2) is 29.6 Å². The third kappa shape index (κ3) is 35.0. The molecule has 0 radical (unpaired) electrons. The Bertz CT molecular complexity index is 2140. The minimum absolute atomic E-state index is 0.0509. The van der Waals surface area contributed by atoms with Gasteiger partial charge in [-0.3, -0.25) is 14.4 Å². The van der Waals surface area contributed by atoms with E-state index in [0.29, 0.717) is 65.4 Å². The van der Waals surface area contributed by atoms with E-state index < -0.39 is 66.3 Å². The van der Waals surface area contributed by atoms with E-state index in [1.807, 2.05) is 0 Å². The Balaban J connectivity index is 0.918. The number of aliphatic hydroxyl groups is 2. The van der Waals surface area contributed by atoms with E-state index in [1.54, 1.807) is 0 Å². The van der Waals surface area contributed by atoms with Crippen LogP contribution in [0.5, 0.6) is 0 Å². The summed E-state index contributed by atoms with van der Waals surface area (Å²) in [4.78, 5) is 54.8. The molecule has 2 aliphatic rings. The Kier molecular flexibility index (Phi) is 38.2. The van der Waals surface area contributed by atoms with E-state index in [1.165, 1.54) is 0 Å². The van der Waals surface area contributed by atoms with Gasteiger partial charge in [-0.2, -0.15) is 26.3 Å². The predicted octanol–water partition coefficient (Wildman–Crippen LogP) is 2.40. The van der Waals surface area contributed by atoms with Gasteiger partial charge >= 0.3 is 12.4 Å². The van der Waals surface area contributed by atoms with Gasteiger partial charge in [0.15, 0.2) is 0 Å². The standard InChI is InChI=1S/C53H84F6N12O17/c54-52(55,56)45-5-10-63-50(69-45)67-38-30-41(72)43(87-34-38)36-85-28-26-81-24-22-79-20-18-77-16-12-61-47(74)7-14-83-32-40(66-49(76)4-2-1-3-9-65-71-60)33-84-15-8-48(75)62-13-17-78-19-21-80-23-25-82-27-29-86-37-44-42(73)31-39(35-88-44)68-51-64-11-6-46(70-51)53(57,58)59/h5-6,10-11,38-44,72-73H,1-4,7-9,12-37H2,(H,61,74)(H,62,75)(H,66,76)(H,63,67,69)(H,64,68,70)/t38-,39-,41-,42-,43-,44-/m1/s1. The number of carbonyl (C=O) groups is 3. The van der Waals surface area contributed by atoms with Crippen molar-refractivity contribution in [3.63, 3.8) is 0 Å². The fourth-order valence-electron chi connectivity index (χ4n) is 8.10. The van der Waals surface area contributed by atoms with Crippen LogP contribution in [0.25, 0.3) is 10.4 Å². The first-order valence-corrected chi connectivity index (χ1v) is 29.0. The van der Waals surface area contributed by atoms with Crippen molar-refractivity contribution >= 4 is 29.6 Å². The fraction of sp³-hybridized carbons (Fsp3) is 0.792. The number of aromatic nitrogens is 4. The third-order valence-electron chi connectivity index (χ3n) is 12.6. The molecule has 7 N–H and O–H groups in total. The average Bonchev–Trinajstić information content (AvgIpc) is 2.64. The number of nitrogens with zero attached hydrogens (tertiary/aromatic N) is 7. The summed E-state index contributed by atoms with van der Waals surface area (Å²) >= 11 is 0. The topological polar surface area (TPSA) is 363 Å². The van der Waals surface area contributed by atoms with Crippen LogP contribution in [0.3, 0.4) is 0 Å². The van der Waals surface area contributed by atoms with Crippen LogP contribution in [-0.2, 0) is 83.6 Å². The van der Waals surface area contributed by atoms with E-state index in [0.717, 1.165) is 24.5 Å². The van der Waals surface area contributed by atoms with Crippen molar-refractivity contribution in [2.24, 2.45) is 5.11 Å². The zero-order valence-corrected chi connectivity index (χ0v) is 49.1. The Hall–Kier alpha value is -5.50. The molecular formula is C53H84F6N12O17. The van der Waals surface area contributed by atoms with Gasteiger partial charge in [-0.05, 0) is 43.3 Å². The number of hydrogen-bond donors (Lipinski definition) is 7.